The normalized spacial score (nSPS) is 13.9. The number of hydrogen-bond donors (Lipinski definition) is 2. The van der Waals surface area contributed by atoms with Crippen molar-refractivity contribution in [3.05, 3.63) is 59.9 Å². The van der Waals surface area contributed by atoms with E-state index < -0.39 is 21.9 Å². The van der Waals surface area contributed by atoms with Gasteiger partial charge in [0.05, 0.1) is 16.6 Å². The Bertz CT molecular complexity index is 928. The number of halogens is 1. The van der Waals surface area contributed by atoms with Gasteiger partial charge in [-0.15, -0.1) is 0 Å². The van der Waals surface area contributed by atoms with Crippen molar-refractivity contribution in [2.75, 3.05) is 18.4 Å². The van der Waals surface area contributed by atoms with Crippen LogP contribution in [0.4, 0.5) is 10.1 Å². The number of rotatable bonds is 9. The highest BCUT2D eigenvalue weighted by Crippen LogP contribution is 2.20. The van der Waals surface area contributed by atoms with Crippen molar-refractivity contribution in [1.29, 1.82) is 0 Å². The zero-order chi connectivity index (χ0) is 21.6. The topological polar surface area (TPSA) is 78.5 Å². The number of amides is 1. The third kappa shape index (κ3) is 5.62. The van der Waals surface area contributed by atoms with E-state index in [4.69, 9.17) is 0 Å². The van der Waals surface area contributed by atoms with Crippen molar-refractivity contribution >= 4 is 21.6 Å². The lowest BCUT2D eigenvalue weighted by Crippen LogP contribution is -2.39. The fourth-order valence-electron chi connectivity index (χ4n) is 2.99. The van der Waals surface area contributed by atoms with Crippen LogP contribution in [-0.4, -0.2) is 37.8 Å². The first kappa shape index (κ1) is 23.0. The minimum absolute atomic E-state index is 0.129. The van der Waals surface area contributed by atoms with Crippen LogP contribution in [0, 0.1) is 5.82 Å². The van der Waals surface area contributed by atoms with Crippen LogP contribution in [0.1, 0.15) is 39.3 Å². The molecule has 158 valence electrons. The molecule has 2 unspecified atom stereocenters. The smallest absolute Gasteiger partial charge is 0.243 e. The maximum Gasteiger partial charge on any atom is 0.243 e. The number of para-hydroxylation sites is 1. The van der Waals surface area contributed by atoms with Crippen LogP contribution in [0.3, 0.4) is 0 Å². The van der Waals surface area contributed by atoms with Crippen LogP contribution < -0.4 is 10.6 Å². The molecular weight excluding hydrogens is 393 g/mol. The van der Waals surface area contributed by atoms with Crippen molar-refractivity contribution in [2.45, 2.75) is 44.7 Å². The number of carbonyl (C=O) groups excluding carboxylic acids is 1. The standard InChI is InChI=1S/C21H28FN3O3S/c1-5-25(6-2)29(27,28)18-13-11-17(12-14-18)15(3)23-16(4)21(26)24-20-10-8-7-9-19(20)22/h7-16,23H,5-6H2,1-4H3,(H,24,26). The largest absolute Gasteiger partial charge is 0.322 e. The van der Waals surface area contributed by atoms with Gasteiger partial charge in [0.15, 0.2) is 0 Å². The van der Waals surface area contributed by atoms with E-state index in [1.165, 1.54) is 16.4 Å². The molecule has 2 rings (SSSR count). The molecule has 2 N–H and O–H groups in total. The molecule has 2 atom stereocenters. The minimum Gasteiger partial charge on any atom is -0.322 e. The average Bonchev–Trinajstić information content (AvgIpc) is 2.70. The third-order valence-corrected chi connectivity index (χ3v) is 6.81. The van der Waals surface area contributed by atoms with Gasteiger partial charge >= 0.3 is 0 Å². The van der Waals surface area contributed by atoms with E-state index in [0.717, 1.165) is 5.56 Å². The monoisotopic (exact) mass is 421 g/mol. The van der Waals surface area contributed by atoms with Crippen molar-refractivity contribution in [3.8, 4) is 0 Å². The molecule has 2 aromatic rings. The molecule has 0 fully saturated rings. The van der Waals surface area contributed by atoms with E-state index in [2.05, 4.69) is 10.6 Å². The molecular formula is C21H28FN3O3S. The van der Waals surface area contributed by atoms with E-state index in [-0.39, 0.29) is 22.5 Å². The van der Waals surface area contributed by atoms with Crippen molar-refractivity contribution < 1.29 is 17.6 Å². The van der Waals surface area contributed by atoms with Gasteiger partial charge < -0.3 is 5.32 Å². The first-order valence-corrected chi connectivity index (χ1v) is 11.1. The van der Waals surface area contributed by atoms with Crippen LogP contribution in [0.2, 0.25) is 0 Å². The van der Waals surface area contributed by atoms with E-state index >= 15 is 0 Å². The maximum absolute atomic E-state index is 13.7. The zero-order valence-electron chi connectivity index (χ0n) is 17.1. The first-order chi connectivity index (χ1) is 13.7. The third-order valence-electron chi connectivity index (χ3n) is 4.75. The van der Waals surface area contributed by atoms with Gasteiger partial charge in [-0.05, 0) is 43.7 Å². The quantitative estimate of drug-likeness (QED) is 0.649. The highest BCUT2D eigenvalue weighted by molar-refractivity contribution is 7.89. The number of nitrogens with zero attached hydrogens (tertiary/aromatic N) is 1. The Labute approximate surface area is 172 Å². The van der Waals surface area contributed by atoms with Gasteiger partial charge in [-0.1, -0.05) is 38.1 Å². The molecule has 0 saturated carbocycles. The van der Waals surface area contributed by atoms with Crippen LogP contribution in [0.25, 0.3) is 0 Å². The number of nitrogens with one attached hydrogen (secondary N) is 2. The second kappa shape index (κ2) is 9.96. The highest BCUT2D eigenvalue weighted by atomic mass is 32.2. The van der Waals surface area contributed by atoms with Crippen LogP contribution in [0.5, 0.6) is 0 Å². The summed E-state index contributed by atoms with van der Waals surface area (Å²) in [7, 11) is -3.51. The molecule has 0 radical (unpaired) electrons. The second-order valence-corrected chi connectivity index (χ2v) is 8.68. The van der Waals surface area contributed by atoms with Crippen LogP contribution >= 0.6 is 0 Å². The number of hydrogen-bond acceptors (Lipinski definition) is 4. The molecule has 6 nitrogen and oxygen atoms in total. The Morgan fingerprint density at radius 2 is 1.62 bits per heavy atom. The highest BCUT2D eigenvalue weighted by Gasteiger charge is 2.22. The molecule has 0 aliphatic heterocycles. The molecule has 0 spiro atoms. The van der Waals surface area contributed by atoms with Crippen molar-refractivity contribution in [3.63, 3.8) is 0 Å². The Hall–Kier alpha value is -2.29. The summed E-state index contributed by atoms with van der Waals surface area (Å²) >= 11 is 0. The summed E-state index contributed by atoms with van der Waals surface area (Å²) < 4.78 is 40.2. The summed E-state index contributed by atoms with van der Waals surface area (Å²) in [5.74, 6) is -0.853. The van der Waals surface area contributed by atoms with Gasteiger partial charge in [-0.25, -0.2) is 12.8 Å². The van der Waals surface area contributed by atoms with Crippen LogP contribution in [-0.2, 0) is 14.8 Å². The second-order valence-electron chi connectivity index (χ2n) is 6.74. The average molecular weight is 422 g/mol. The summed E-state index contributed by atoms with van der Waals surface area (Å²) in [6.45, 7) is 7.98. The predicted molar refractivity (Wildman–Crippen MR) is 113 cm³/mol. The summed E-state index contributed by atoms with van der Waals surface area (Å²) in [5.41, 5.74) is 0.971. The molecule has 0 aliphatic carbocycles. The van der Waals surface area contributed by atoms with Gasteiger partial charge in [0, 0.05) is 19.1 Å². The Kier molecular flexibility index (Phi) is 7.89. The van der Waals surface area contributed by atoms with Gasteiger partial charge in [0.1, 0.15) is 5.82 Å². The number of sulfonamides is 1. The Balaban J connectivity index is 2.04. The van der Waals surface area contributed by atoms with E-state index in [0.29, 0.717) is 13.1 Å². The van der Waals surface area contributed by atoms with Gasteiger partial charge in [-0.3, -0.25) is 10.1 Å². The number of anilines is 1. The van der Waals surface area contributed by atoms with Gasteiger partial charge in [0.25, 0.3) is 0 Å². The number of carbonyl (C=O) groups is 1. The number of benzene rings is 2. The molecule has 2 aromatic carbocycles. The fourth-order valence-corrected chi connectivity index (χ4v) is 4.45. The maximum atomic E-state index is 13.7. The van der Waals surface area contributed by atoms with Gasteiger partial charge in [0.2, 0.25) is 15.9 Å². The fraction of sp³-hybridized carbons (Fsp3) is 0.381. The Morgan fingerprint density at radius 1 is 1.03 bits per heavy atom. The van der Waals surface area contributed by atoms with E-state index in [9.17, 15) is 17.6 Å². The summed E-state index contributed by atoms with van der Waals surface area (Å²) in [6, 6.07) is 11.8. The molecule has 29 heavy (non-hydrogen) atoms. The van der Waals surface area contributed by atoms with Gasteiger partial charge in [-0.2, -0.15) is 4.31 Å². The van der Waals surface area contributed by atoms with Crippen molar-refractivity contribution in [2.24, 2.45) is 0 Å². The molecule has 8 heteroatoms. The minimum atomic E-state index is -3.51. The summed E-state index contributed by atoms with van der Waals surface area (Å²) in [6.07, 6.45) is 0. The lowest BCUT2D eigenvalue weighted by Gasteiger charge is -2.21. The summed E-state index contributed by atoms with van der Waals surface area (Å²) in [4.78, 5) is 12.6. The lowest BCUT2D eigenvalue weighted by atomic mass is 10.1. The molecule has 1 amide bonds. The first-order valence-electron chi connectivity index (χ1n) is 9.62. The predicted octanol–water partition coefficient (Wildman–Crippen LogP) is 3.53. The molecule has 0 aliphatic rings. The zero-order valence-corrected chi connectivity index (χ0v) is 18.0. The van der Waals surface area contributed by atoms with Crippen LogP contribution in [0.15, 0.2) is 53.4 Å². The molecule has 0 saturated heterocycles. The van der Waals surface area contributed by atoms with Crippen molar-refractivity contribution in [1.82, 2.24) is 9.62 Å². The Morgan fingerprint density at radius 3 is 2.17 bits per heavy atom. The lowest BCUT2D eigenvalue weighted by molar-refractivity contribution is -0.118. The SMILES string of the molecule is CCN(CC)S(=O)(=O)c1ccc(C(C)NC(C)C(=O)Nc2ccccc2F)cc1. The van der Waals surface area contributed by atoms with E-state index in [1.807, 2.05) is 6.92 Å². The van der Waals surface area contributed by atoms with E-state index in [1.54, 1.807) is 57.2 Å². The molecule has 0 aromatic heterocycles. The summed E-state index contributed by atoms with van der Waals surface area (Å²) in [5, 5.41) is 5.70. The molecule has 0 heterocycles. The molecule has 0 bridgehead atoms.